The Hall–Kier alpha value is -3.33. The first kappa shape index (κ1) is 27.7. The number of hydrogen-bond acceptors (Lipinski definition) is 7. The summed E-state index contributed by atoms with van der Waals surface area (Å²) >= 11 is 12.6. The highest BCUT2D eigenvalue weighted by Crippen LogP contribution is 2.39. The Morgan fingerprint density at radius 2 is 1.82 bits per heavy atom. The monoisotopic (exact) mass is 567 g/mol. The van der Waals surface area contributed by atoms with Crippen LogP contribution < -0.4 is 9.47 Å². The first-order valence-corrected chi connectivity index (χ1v) is 13.6. The molecule has 1 saturated heterocycles. The van der Waals surface area contributed by atoms with E-state index in [0.29, 0.717) is 44.3 Å². The van der Waals surface area contributed by atoms with E-state index in [4.69, 9.17) is 38.0 Å². The number of benzene rings is 3. The van der Waals surface area contributed by atoms with Crippen LogP contribution in [0.25, 0.3) is 6.08 Å². The molecule has 0 bridgehead atoms. The predicted molar refractivity (Wildman–Crippen MR) is 154 cm³/mol. The molecule has 6 nitrogen and oxygen atoms in total. The maximum absolute atomic E-state index is 13.5. The summed E-state index contributed by atoms with van der Waals surface area (Å²) in [5.74, 6) is 0.215. The lowest BCUT2D eigenvalue weighted by Gasteiger charge is -2.25. The van der Waals surface area contributed by atoms with Crippen molar-refractivity contribution in [2.24, 2.45) is 0 Å². The Balaban J connectivity index is 1.55. The molecule has 0 saturated carbocycles. The Bertz CT molecular complexity index is 1340. The van der Waals surface area contributed by atoms with E-state index in [1.807, 2.05) is 55.5 Å². The second kappa shape index (κ2) is 13.0. The maximum atomic E-state index is 13.5. The topological polar surface area (TPSA) is 65.1 Å². The third-order valence-electron chi connectivity index (χ3n) is 5.66. The van der Waals surface area contributed by atoms with Crippen molar-refractivity contribution >= 4 is 57.9 Å². The number of thiocarbonyl (C=S) groups is 1. The molecule has 9 heteroatoms. The minimum absolute atomic E-state index is 0.263. The zero-order chi connectivity index (χ0) is 27.1. The summed E-state index contributed by atoms with van der Waals surface area (Å²) in [6, 6.07) is 20.9. The van der Waals surface area contributed by atoms with Crippen molar-refractivity contribution in [3.63, 3.8) is 0 Å². The molecule has 3 aromatic carbocycles. The highest BCUT2D eigenvalue weighted by atomic mass is 35.5. The minimum Gasteiger partial charge on any atom is -0.493 e. The van der Waals surface area contributed by atoms with Gasteiger partial charge in [0.2, 0.25) is 0 Å². The smallest absolute Gasteiger partial charge is 0.333 e. The van der Waals surface area contributed by atoms with Gasteiger partial charge in [-0.25, -0.2) is 4.79 Å². The van der Waals surface area contributed by atoms with E-state index < -0.39 is 12.0 Å². The number of rotatable bonds is 10. The fourth-order valence-corrected chi connectivity index (χ4v) is 5.24. The molecule has 3 aromatic rings. The number of carbonyl (C=O) groups excluding carboxylic acids is 2. The second-order valence-corrected chi connectivity index (χ2v) is 10.5. The van der Waals surface area contributed by atoms with E-state index in [-0.39, 0.29) is 12.5 Å². The van der Waals surface area contributed by atoms with E-state index >= 15 is 0 Å². The van der Waals surface area contributed by atoms with Crippen molar-refractivity contribution in [2.45, 2.75) is 26.0 Å². The van der Waals surface area contributed by atoms with E-state index in [2.05, 4.69) is 0 Å². The van der Waals surface area contributed by atoms with Gasteiger partial charge in [-0.2, -0.15) is 0 Å². The largest absolute Gasteiger partial charge is 0.493 e. The number of esters is 1. The summed E-state index contributed by atoms with van der Waals surface area (Å²) in [4.78, 5) is 28.2. The van der Waals surface area contributed by atoms with Crippen LogP contribution in [0.4, 0.5) is 0 Å². The highest BCUT2D eigenvalue weighted by molar-refractivity contribution is 8.26. The van der Waals surface area contributed by atoms with Gasteiger partial charge in [-0.3, -0.25) is 9.69 Å². The van der Waals surface area contributed by atoms with Crippen molar-refractivity contribution in [1.82, 2.24) is 4.90 Å². The Morgan fingerprint density at radius 1 is 1.08 bits per heavy atom. The molecule has 1 fully saturated rings. The van der Waals surface area contributed by atoms with E-state index in [1.165, 1.54) is 4.90 Å². The Morgan fingerprint density at radius 3 is 2.50 bits per heavy atom. The summed E-state index contributed by atoms with van der Waals surface area (Å²) in [6.07, 6.45) is 2.40. The molecule has 1 aliphatic rings. The van der Waals surface area contributed by atoms with Gasteiger partial charge in [-0.05, 0) is 53.5 Å². The molecular formula is C29H26ClNO5S2. The molecule has 1 unspecified atom stereocenters. The number of hydrogen-bond donors (Lipinski definition) is 0. The standard InChI is InChI=1S/C29H26ClNO5S2/c1-3-15-35-28(33)26(21-7-5-4-6-8-21)31-27(32)25(38-29(31)37)17-20-11-14-23(24(16-20)34-2)36-18-19-9-12-22(30)13-10-19/h4-14,16-17,26H,3,15,18H2,1-2H3/b25-17-. The van der Waals surface area contributed by atoms with Crippen molar-refractivity contribution in [3.05, 3.63) is 99.4 Å². The van der Waals surface area contributed by atoms with Crippen molar-refractivity contribution in [2.75, 3.05) is 13.7 Å². The lowest BCUT2D eigenvalue weighted by Crippen LogP contribution is -2.38. The van der Waals surface area contributed by atoms with E-state index in [9.17, 15) is 9.59 Å². The van der Waals surface area contributed by atoms with Crippen molar-refractivity contribution < 1.29 is 23.8 Å². The van der Waals surface area contributed by atoms with Crippen LogP contribution in [0.15, 0.2) is 77.7 Å². The Labute approximate surface area is 236 Å². The summed E-state index contributed by atoms with van der Waals surface area (Å²) < 4.78 is 17.2. The normalized spacial score (nSPS) is 15.0. The van der Waals surface area contributed by atoms with E-state index in [0.717, 1.165) is 22.9 Å². The van der Waals surface area contributed by atoms with Crippen LogP contribution in [-0.2, 0) is 20.9 Å². The average molecular weight is 568 g/mol. The third kappa shape index (κ3) is 6.56. The van der Waals surface area contributed by atoms with Gasteiger partial charge in [0.25, 0.3) is 5.91 Å². The third-order valence-corrected chi connectivity index (χ3v) is 7.24. The van der Waals surface area contributed by atoms with Crippen LogP contribution in [0.5, 0.6) is 11.5 Å². The first-order valence-electron chi connectivity index (χ1n) is 11.9. The molecule has 1 atom stereocenters. The molecule has 1 heterocycles. The SMILES string of the molecule is CCCOC(=O)C(c1ccccc1)N1C(=O)/C(=C/c2ccc(OCc3ccc(Cl)cc3)c(OC)c2)SC1=S. The van der Waals surface area contributed by atoms with Gasteiger partial charge >= 0.3 is 5.97 Å². The van der Waals surface area contributed by atoms with Gasteiger partial charge in [0, 0.05) is 5.02 Å². The lowest BCUT2D eigenvalue weighted by atomic mass is 10.1. The number of methoxy groups -OCH3 is 1. The number of ether oxygens (including phenoxy) is 3. The number of thioether (sulfide) groups is 1. The van der Waals surface area contributed by atoms with Gasteiger partial charge in [0.05, 0.1) is 18.6 Å². The van der Waals surface area contributed by atoms with E-state index in [1.54, 1.807) is 37.5 Å². The predicted octanol–water partition coefficient (Wildman–Crippen LogP) is 6.82. The summed E-state index contributed by atoms with van der Waals surface area (Å²) in [5.41, 5.74) is 2.33. The number of halogens is 1. The lowest BCUT2D eigenvalue weighted by molar-refractivity contribution is -0.151. The molecular weight excluding hydrogens is 542 g/mol. The molecule has 38 heavy (non-hydrogen) atoms. The molecule has 1 aliphatic heterocycles. The molecule has 4 rings (SSSR count). The van der Waals surface area contributed by atoms with Crippen molar-refractivity contribution in [1.29, 1.82) is 0 Å². The average Bonchev–Trinajstić information content (AvgIpc) is 3.20. The molecule has 1 amide bonds. The zero-order valence-corrected chi connectivity index (χ0v) is 23.3. The number of amides is 1. The fourth-order valence-electron chi connectivity index (χ4n) is 3.80. The van der Waals surface area contributed by atoms with Crippen LogP contribution in [0.2, 0.25) is 5.02 Å². The molecule has 196 valence electrons. The molecule has 0 N–H and O–H groups in total. The van der Waals surface area contributed by atoms with Crippen LogP contribution in [0, 0.1) is 0 Å². The highest BCUT2D eigenvalue weighted by Gasteiger charge is 2.42. The maximum Gasteiger partial charge on any atom is 0.333 e. The van der Waals surface area contributed by atoms with Gasteiger partial charge in [-0.1, -0.05) is 91.0 Å². The zero-order valence-electron chi connectivity index (χ0n) is 20.9. The molecule has 0 spiro atoms. The molecule has 0 aliphatic carbocycles. The fraction of sp³-hybridized carbons (Fsp3) is 0.207. The Kier molecular flexibility index (Phi) is 9.44. The molecule has 0 aromatic heterocycles. The van der Waals surface area contributed by atoms with Gasteiger partial charge in [0.1, 0.15) is 10.9 Å². The number of nitrogens with zero attached hydrogens (tertiary/aromatic N) is 1. The minimum atomic E-state index is -0.959. The van der Waals surface area contributed by atoms with Gasteiger partial charge in [0.15, 0.2) is 17.5 Å². The van der Waals surface area contributed by atoms with Crippen molar-refractivity contribution in [3.8, 4) is 11.5 Å². The van der Waals surface area contributed by atoms with Crippen LogP contribution in [0.3, 0.4) is 0 Å². The van der Waals surface area contributed by atoms with Gasteiger partial charge in [-0.15, -0.1) is 0 Å². The number of carbonyl (C=O) groups is 2. The summed E-state index contributed by atoms with van der Waals surface area (Å²) in [7, 11) is 1.56. The quantitative estimate of drug-likeness (QED) is 0.151. The van der Waals surface area contributed by atoms with Gasteiger partial charge < -0.3 is 14.2 Å². The van der Waals surface area contributed by atoms with Crippen LogP contribution in [-0.4, -0.2) is 34.8 Å². The van der Waals surface area contributed by atoms with Crippen LogP contribution >= 0.6 is 35.6 Å². The summed E-state index contributed by atoms with van der Waals surface area (Å²) in [5, 5.41) is 0.661. The van der Waals surface area contributed by atoms with Crippen LogP contribution in [0.1, 0.15) is 36.1 Å². The summed E-state index contributed by atoms with van der Waals surface area (Å²) in [6.45, 7) is 2.52. The second-order valence-electron chi connectivity index (χ2n) is 8.36. The first-order chi connectivity index (χ1) is 18.4. The molecule has 0 radical (unpaired) electrons.